The van der Waals surface area contributed by atoms with Gasteiger partial charge in [-0.15, -0.1) is 0 Å². The monoisotopic (exact) mass is 289 g/mol. The first-order valence-corrected chi connectivity index (χ1v) is 6.96. The lowest BCUT2D eigenvalue weighted by Gasteiger charge is -1.98. The summed E-state index contributed by atoms with van der Waals surface area (Å²) in [6, 6.07) is 3.71. The molecule has 0 aromatic carbocycles. The van der Waals surface area contributed by atoms with E-state index in [1.807, 2.05) is 23.8 Å². The van der Waals surface area contributed by atoms with Crippen LogP contribution in [0.25, 0.3) is 22.6 Å². The van der Waals surface area contributed by atoms with Gasteiger partial charge in [-0.25, -0.2) is 0 Å². The average Bonchev–Trinajstić information content (AvgIpc) is 3.19. The molecule has 0 atom stereocenters. The molecule has 102 valence electrons. The van der Waals surface area contributed by atoms with E-state index in [-0.39, 0.29) is 11.6 Å². The van der Waals surface area contributed by atoms with E-state index in [9.17, 15) is 4.79 Å². The number of hydrogen-bond acceptors (Lipinski definition) is 6. The number of thiophene rings is 1. The lowest BCUT2D eigenvalue weighted by atomic mass is 10.1. The number of nitrogens with zero attached hydrogens (tertiary/aromatic N) is 2. The van der Waals surface area contributed by atoms with Gasteiger partial charge in [-0.2, -0.15) is 11.3 Å². The molecular weight excluding hydrogens is 278 g/mol. The zero-order valence-electron chi connectivity index (χ0n) is 10.6. The first kappa shape index (κ1) is 12.6. The van der Waals surface area contributed by atoms with Gasteiger partial charge in [0.05, 0.1) is 5.56 Å². The molecule has 20 heavy (non-hydrogen) atoms. The van der Waals surface area contributed by atoms with Gasteiger partial charge in [0.25, 0.3) is 5.91 Å². The van der Waals surface area contributed by atoms with Gasteiger partial charge in [-0.1, -0.05) is 10.3 Å². The summed E-state index contributed by atoms with van der Waals surface area (Å²) in [6.07, 6.45) is 1.38. The van der Waals surface area contributed by atoms with Crippen LogP contribution in [0, 0.1) is 0 Å². The number of nitrogens with one attached hydrogen (secondary N) is 1. The molecule has 1 amide bonds. The number of amides is 1. The quantitative estimate of drug-likeness (QED) is 0.798. The van der Waals surface area contributed by atoms with Crippen molar-refractivity contribution in [3.05, 3.63) is 34.8 Å². The Kier molecular flexibility index (Phi) is 3.34. The molecule has 3 heterocycles. The third-order valence-corrected chi connectivity index (χ3v) is 3.40. The van der Waals surface area contributed by atoms with Crippen molar-refractivity contribution in [2.24, 2.45) is 0 Å². The van der Waals surface area contributed by atoms with Crippen LogP contribution in [-0.4, -0.2) is 22.8 Å². The summed E-state index contributed by atoms with van der Waals surface area (Å²) < 4.78 is 10.1. The zero-order chi connectivity index (χ0) is 13.9. The van der Waals surface area contributed by atoms with E-state index in [0.29, 0.717) is 23.6 Å². The fourth-order valence-electron chi connectivity index (χ4n) is 1.77. The molecule has 0 saturated carbocycles. The Morgan fingerprint density at radius 1 is 1.45 bits per heavy atom. The van der Waals surface area contributed by atoms with Crippen molar-refractivity contribution in [3.8, 4) is 22.6 Å². The normalized spacial score (nSPS) is 10.7. The van der Waals surface area contributed by atoms with E-state index < -0.39 is 0 Å². The Bertz CT molecular complexity index is 715. The van der Waals surface area contributed by atoms with Crippen LogP contribution in [0.15, 0.2) is 38.2 Å². The summed E-state index contributed by atoms with van der Waals surface area (Å²) in [5.41, 5.74) is 2.37. The summed E-state index contributed by atoms with van der Waals surface area (Å²) in [4.78, 5) is 11.8. The highest BCUT2D eigenvalue weighted by molar-refractivity contribution is 7.08. The molecule has 0 saturated heterocycles. The third-order valence-electron chi connectivity index (χ3n) is 2.71. The molecule has 3 aromatic heterocycles. The van der Waals surface area contributed by atoms with E-state index in [4.69, 9.17) is 9.05 Å². The Morgan fingerprint density at radius 2 is 2.35 bits per heavy atom. The second-order valence-corrected chi connectivity index (χ2v) is 4.80. The van der Waals surface area contributed by atoms with E-state index in [2.05, 4.69) is 15.6 Å². The Morgan fingerprint density at radius 3 is 3.10 bits per heavy atom. The van der Waals surface area contributed by atoms with E-state index in [1.165, 1.54) is 6.26 Å². The fraction of sp³-hybridized carbons (Fsp3) is 0.154. The zero-order valence-corrected chi connectivity index (χ0v) is 11.4. The van der Waals surface area contributed by atoms with Gasteiger partial charge in [-0.05, 0) is 18.4 Å². The molecule has 1 N–H and O–H groups in total. The highest BCUT2D eigenvalue weighted by Crippen LogP contribution is 2.28. The van der Waals surface area contributed by atoms with Gasteiger partial charge < -0.3 is 14.4 Å². The van der Waals surface area contributed by atoms with Crippen molar-refractivity contribution in [3.63, 3.8) is 0 Å². The minimum atomic E-state index is -0.301. The van der Waals surface area contributed by atoms with Crippen molar-refractivity contribution in [2.45, 2.75) is 6.92 Å². The first-order valence-electron chi connectivity index (χ1n) is 6.02. The number of carbonyl (C=O) groups excluding carboxylic acids is 1. The van der Waals surface area contributed by atoms with Crippen LogP contribution in [0.5, 0.6) is 0 Å². The number of aromatic nitrogens is 2. The topological polar surface area (TPSA) is 81.2 Å². The summed E-state index contributed by atoms with van der Waals surface area (Å²) in [7, 11) is 0. The van der Waals surface area contributed by atoms with Gasteiger partial charge in [-0.3, -0.25) is 4.79 Å². The van der Waals surface area contributed by atoms with Crippen molar-refractivity contribution >= 4 is 17.2 Å². The number of hydrogen-bond donors (Lipinski definition) is 1. The minimum Gasteiger partial charge on any atom is -0.363 e. The van der Waals surface area contributed by atoms with Crippen molar-refractivity contribution in [1.82, 2.24) is 15.6 Å². The predicted molar refractivity (Wildman–Crippen MR) is 73.3 cm³/mol. The van der Waals surface area contributed by atoms with Crippen LogP contribution >= 0.6 is 11.3 Å². The van der Waals surface area contributed by atoms with Gasteiger partial charge in [0.1, 0.15) is 12.0 Å². The molecule has 0 radical (unpaired) electrons. The molecule has 3 rings (SSSR count). The molecule has 0 aliphatic rings. The van der Waals surface area contributed by atoms with Gasteiger partial charge in [0.15, 0.2) is 11.5 Å². The molecule has 3 aromatic rings. The lowest BCUT2D eigenvalue weighted by Crippen LogP contribution is -2.23. The SMILES string of the molecule is CCNC(=O)c1nocc1-c1cc(-c2ccsc2)no1. The smallest absolute Gasteiger partial charge is 0.274 e. The van der Waals surface area contributed by atoms with Gasteiger partial charge >= 0.3 is 0 Å². The molecular formula is C13H11N3O3S. The third kappa shape index (κ3) is 2.23. The fourth-order valence-corrected chi connectivity index (χ4v) is 2.42. The highest BCUT2D eigenvalue weighted by atomic mass is 32.1. The highest BCUT2D eigenvalue weighted by Gasteiger charge is 2.20. The molecule has 0 fully saturated rings. The molecule has 0 unspecified atom stereocenters. The lowest BCUT2D eigenvalue weighted by molar-refractivity contribution is 0.0947. The number of carbonyl (C=O) groups is 1. The van der Waals surface area contributed by atoms with Crippen LogP contribution in [0.3, 0.4) is 0 Å². The van der Waals surface area contributed by atoms with Gasteiger partial charge in [0, 0.05) is 23.6 Å². The molecule has 0 aliphatic heterocycles. The van der Waals surface area contributed by atoms with Crippen LogP contribution in [0.4, 0.5) is 0 Å². The molecule has 7 heteroatoms. The minimum absolute atomic E-state index is 0.194. The molecule has 0 spiro atoms. The summed E-state index contributed by atoms with van der Waals surface area (Å²) in [5.74, 6) is 0.151. The van der Waals surface area contributed by atoms with Crippen LogP contribution in [0.1, 0.15) is 17.4 Å². The van der Waals surface area contributed by atoms with Gasteiger partial charge in [0.2, 0.25) is 0 Å². The van der Waals surface area contributed by atoms with E-state index in [0.717, 1.165) is 5.56 Å². The summed E-state index contributed by atoms with van der Waals surface area (Å²) in [6.45, 7) is 2.35. The Labute approximate surface area is 118 Å². The van der Waals surface area contributed by atoms with Crippen molar-refractivity contribution in [2.75, 3.05) is 6.54 Å². The molecule has 0 aliphatic carbocycles. The Balaban J connectivity index is 1.94. The second kappa shape index (κ2) is 5.30. The standard InChI is InChI=1S/C13H11N3O3S/c1-2-14-13(17)12-9(6-18-16-12)11-5-10(15-19-11)8-3-4-20-7-8/h3-7H,2H2,1H3,(H,14,17). The number of rotatable bonds is 4. The van der Waals surface area contributed by atoms with Crippen LogP contribution < -0.4 is 5.32 Å². The summed E-state index contributed by atoms with van der Waals surface area (Å²) in [5, 5.41) is 14.3. The van der Waals surface area contributed by atoms with Crippen LogP contribution in [-0.2, 0) is 0 Å². The van der Waals surface area contributed by atoms with Crippen molar-refractivity contribution < 1.29 is 13.8 Å². The maximum atomic E-state index is 11.8. The van der Waals surface area contributed by atoms with Crippen molar-refractivity contribution in [1.29, 1.82) is 0 Å². The van der Waals surface area contributed by atoms with E-state index >= 15 is 0 Å². The molecule has 6 nitrogen and oxygen atoms in total. The average molecular weight is 289 g/mol. The maximum absolute atomic E-state index is 11.8. The predicted octanol–water partition coefficient (Wildman–Crippen LogP) is 2.81. The first-order chi connectivity index (χ1) is 9.79. The second-order valence-electron chi connectivity index (χ2n) is 4.02. The molecule has 0 bridgehead atoms. The van der Waals surface area contributed by atoms with Crippen LogP contribution in [0.2, 0.25) is 0 Å². The van der Waals surface area contributed by atoms with E-state index in [1.54, 1.807) is 17.4 Å². The summed E-state index contributed by atoms with van der Waals surface area (Å²) >= 11 is 1.58. The Hall–Kier alpha value is -2.41. The largest absolute Gasteiger partial charge is 0.363 e. The maximum Gasteiger partial charge on any atom is 0.274 e.